The minimum absolute atomic E-state index is 0.157. The molecule has 0 radical (unpaired) electrons. The summed E-state index contributed by atoms with van der Waals surface area (Å²) in [5.74, 6) is -0.157. The van der Waals surface area contributed by atoms with E-state index in [1.807, 2.05) is 0 Å². The third-order valence-corrected chi connectivity index (χ3v) is 2.67. The second kappa shape index (κ2) is 5.94. The molecule has 7 heteroatoms. The van der Waals surface area contributed by atoms with Crippen LogP contribution in [0.2, 0.25) is 0 Å². The van der Waals surface area contributed by atoms with E-state index in [-0.39, 0.29) is 5.91 Å². The number of carbonyl (C=O) groups excluding carboxylic acids is 1. The molecular formula is C12H16N6O. The zero-order valence-corrected chi connectivity index (χ0v) is 10.7. The first-order chi connectivity index (χ1) is 9.16. The highest BCUT2D eigenvalue weighted by molar-refractivity contribution is 5.95. The Hall–Kier alpha value is -2.44. The average Bonchev–Trinajstić information content (AvgIpc) is 2.90. The van der Waals surface area contributed by atoms with Crippen LogP contribution in [-0.4, -0.2) is 32.4 Å². The van der Waals surface area contributed by atoms with Gasteiger partial charge in [0.2, 0.25) is 0 Å². The fourth-order valence-corrected chi connectivity index (χ4v) is 1.67. The first kappa shape index (κ1) is 13.0. The minimum atomic E-state index is -0.157. The summed E-state index contributed by atoms with van der Waals surface area (Å²) in [6, 6.07) is 1.63. The van der Waals surface area contributed by atoms with E-state index in [0.717, 1.165) is 6.42 Å². The van der Waals surface area contributed by atoms with Crippen LogP contribution in [0.3, 0.4) is 0 Å². The van der Waals surface area contributed by atoms with Crippen LogP contribution < -0.4 is 11.1 Å². The van der Waals surface area contributed by atoms with Crippen LogP contribution in [0.15, 0.2) is 24.7 Å². The summed E-state index contributed by atoms with van der Waals surface area (Å²) in [5, 5.41) is 10.4. The van der Waals surface area contributed by atoms with Gasteiger partial charge in [-0.1, -0.05) is 5.21 Å². The number of nitrogens with two attached hydrogens (primary N) is 1. The summed E-state index contributed by atoms with van der Waals surface area (Å²) >= 11 is 0. The lowest BCUT2D eigenvalue weighted by molar-refractivity contribution is 0.0951. The number of nitrogen functional groups attached to an aromatic ring is 1. The largest absolute Gasteiger partial charge is 0.397 e. The van der Waals surface area contributed by atoms with Crippen LogP contribution >= 0.6 is 0 Å². The quantitative estimate of drug-likeness (QED) is 0.757. The topological polar surface area (TPSA) is 98.7 Å². The molecular weight excluding hydrogens is 244 g/mol. The van der Waals surface area contributed by atoms with E-state index in [0.29, 0.717) is 30.0 Å². The van der Waals surface area contributed by atoms with Crippen molar-refractivity contribution in [2.75, 3.05) is 12.3 Å². The molecule has 0 aliphatic rings. The molecule has 2 rings (SSSR count). The first-order valence-corrected chi connectivity index (χ1v) is 6.01. The van der Waals surface area contributed by atoms with Crippen molar-refractivity contribution in [1.82, 2.24) is 25.3 Å². The highest BCUT2D eigenvalue weighted by Crippen LogP contribution is 2.09. The van der Waals surface area contributed by atoms with Crippen molar-refractivity contribution in [2.24, 2.45) is 0 Å². The Balaban J connectivity index is 1.82. The number of nitrogens with zero attached hydrogens (tertiary/aromatic N) is 4. The van der Waals surface area contributed by atoms with Gasteiger partial charge in [0.05, 0.1) is 29.3 Å². The second-order valence-electron chi connectivity index (χ2n) is 4.18. The number of hydrogen-bond acceptors (Lipinski definition) is 5. The van der Waals surface area contributed by atoms with Crippen LogP contribution in [0.5, 0.6) is 0 Å². The summed E-state index contributed by atoms with van der Waals surface area (Å²) in [7, 11) is 0. The van der Waals surface area contributed by atoms with E-state index >= 15 is 0 Å². The first-order valence-electron chi connectivity index (χ1n) is 6.01. The Morgan fingerprint density at radius 1 is 1.53 bits per heavy atom. The van der Waals surface area contributed by atoms with Gasteiger partial charge in [-0.25, -0.2) is 0 Å². The maximum absolute atomic E-state index is 11.9. The third-order valence-electron chi connectivity index (χ3n) is 2.67. The summed E-state index contributed by atoms with van der Waals surface area (Å²) in [6.07, 6.45) is 5.73. The molecule has 0 unspecified atom stereocenters. The molecule has 2 aromatic heterocycles. The SMILES string of the molecule is Cc1ncc(N)cc1C(=O)NCCCn1ccnn1. The molecule has 19 heavy (non-hydrogen) atoms. The highest BCUT2D eigenvalue weighted by atomic mass is 16.1. The van der Waals surface area contributed by atoms with E-state index in [9.17, 15) is 4.79 Å². The molecule has 7 nitrogen and oxygen atoms in total. The number of carbonyl (C=O) groups is 1. The summed E-state index contributed by atoms with van der Waals surface area (Å²) in [4.78, 5) is 16.0. The molecule has 100 valence electrons. The molecule has 0 atom stereocenters. The molecule has 0 fully saturated rings. The maximum atomic E-state index is 11.9. The van der Waals surface area contributed by atoms with Gasteiger partial charge in [-0.3, -0.25) is 14.5 Å². The van der Waals surface area contributed by atoms with Gasteiger partial charge < -0.3 is 11.1 Å². The third kappa shape index (κ3) is 3.51. The van der Waals surface area contributed by atoms with Crippen LogP contribution in [0.1, 0.15) is 22.5 Å². The van der Waals surface area contributed by atoms with Crippen LogP contribution in [-0.2, 0) is 6.54 Å². The van der Waals surface area contributed by atoms with Crippen molar-refractivity contribution in [3.8, 4) is 0 Å². The van der Waals surface area contributed by atoms with Crippen molar-refractivity contribution >= 4 is 11.6 Å². The number of rotatable bonds is 5. The fourth-order valence-electron chi connectivity index (χ4n) is 1.67. The molecule has 0 aliphatic heterocycles. The lowest BCUT2D eigenvalue weighted by Crippen LogP contribution is -2.26. The Bertz CT molecular complexity index is 551. The maximum Gasteiger partial charge on any atom is 0.253 e. The van der Waals surface area contributed by atoms with Crippen LogP contribution in [0.25, 0.3) is 0 Å². The Morgan fingerprint density at radius 2 is 2.37 bits per heavy atom. The lowest BCUT2D eigenvalue weighted by Gasteiger charge is -2.07. The predicted molar refractivity (Wildman–Crippen MR) is 70.4 cm³/mol. The van der Waals surface area contributed by atoms with Gasteiger partial charge in [-0.05, 0) is 19.4 Å². The van der Waals surface area contributed by atoms with E-state index in [1.54, 1.807) is 30.1 Å². The molecule has 0 saturated carbocycles. The molecule has 0 saturated heterocycles. The number of aryl methyl sites for hydroxylation is 2. The van der Waals surface area contributed by atoms with Crippen molar-refractivity contribution in [3.05, 3.63) is 35.9 Å². The monoisotopic (exact) mass is 260 g/mol. The second-order valence-corrected chi connectivity index (χ2v) is 4.18. The van der Waals surface area contributed by atoms with Gasteiger partial charge >= 0.3 is 0 Å². The number of nitrogens with one attached hydrogen (secondary N) is 1. The van der Waals surface area contributed by atoms with Crippen molar-refractivity contribution in [2.45, 2.75) is 19.9 Å². The fraction of sp³-hybridized carbons (Fsp3) is 0.333. The van der Waals surface area contributed by atoms with Crippen molar-refractivity contribution in [3.63, 3.8) is 0 Å². The van der Waals surface area contributed by atoms with Crippen LogP contribution in [0.4, 0.5) is 5.69 Å². The van der Waals surface area contributed by atoms with Gasteiger partial charge in [-0.2, -0.15) is 0 Å². The average molecular weight is 260 g/mol. The summed E-state index contributed by atoms with van der Waals surface area (Å²) in [6.45, 7) is 3.06. The lowest BCUT2D eigenvalue weighted by atomic mass is 10.2. The van der Waals surface area contributed by atoms with Crippen molar-refractivity contribution < 1.29 is 4.79 Å². The number of hydrogen-bond donors (Lipinski definition) is 2. The number of amides is 1. The molecule has 3 N–H and O–H groups in total. The molecule has 0 aliphatic carbocycles. The van der Waals surface area contributed by atoms with Gasteiger partial charge in [0.25, 0.3) is 5.91 Å². The smallest absolute Gasteiger partial charge is 0.253 e. The van der Waals surface area contributed by atoms with E-state index < -0.39 is 0 Å². The predicted octanol–water partition coefficient (Wildman–Crippen LogP) is 0.384. The van der Waals surface area contributed by atoms with E-state index in [1.165, 1.54) is 6.20 Å². The number of aromatic nitrogens is 4. The van der Waals surface area contributed by atoms with E-state index in [4.69, 9.17) is 5.73 Å². The molecule has 0 bridgehead atoms. The van der Waals surface area contributed by atoms with Gasteiger partial charge in [0.1, 0.15) is 0 Å². The van der Waals surface area contributed by atoms with Crippen LogP contribution in [0, 0.1) is 6.92 Å². The molecule has 1 amide bonds. The zero-order valence-electron chi connectivity index (χ0n) is 10.7. The van der Waals surface area contributed by atoms with E-state index in [2.05, 4.69) is 20.6 Å². The Morgan fingerprint density at radius 3 is 3.11 bits per heavy atom. The molecule has 2 heterocycles. The zero-order chi connectivity index (χ0) is 13.7. The summed E-state index contributed by atoms with van der Waals surface area (Å²) < 4.78 is 1.72. The van der Waals surface area contributed by atoms with Gasteiger partial charge in [0, 0.05) is 19.3 Å². The van der Waals surface area contributed by atoms with Gasteiger partial charge in [0.15, 0.2) is 0 Å². The normalized spacial score (nSPS) is 10.4. The highest BCUT2D eigenvalue weighted by Gasteiger charge is 2.09. The number of anilines is 1. The Labute approximate surface area is 110 Å². The van der Waals surface area contributed by atoms with Crippen molar-refractivity contribution in [1.29, 1.82) is 0 Å². The summed E-state index contributed by atoms with van der Waals surface area (Å²) in [5.41, 5.74) is 7.29. The minimum Gasteiger partial charge on any atom is -0.397 e. The number of pyridine rings is 1. The Kier molecular flexibility index (Phi) is 4.07. The standard InChI is InChI=1S/C12H16N6O/c1-9-11(7-10(13)8-15-9)12(19)14-3-2-5-18-6-4-16-17-18/h4,6-8H,2-3,5,13H2,1H3,(H,14,19). The molecule has 0 aromatic carbocycles. The molecule has 2 aromatic rings. The molecule has 0 spiro atoms. The van der Waals surface area contributed by atoms with Gasteiger partial charge in [-0.15, -0.1) is 5.10 Å².